The van der Waals surface area contributed by atoms with Crippen molar-refractivity contribution >= 4 is 17.8 Å². The molecule has 137 valence electrons. The van der Waals surface area contributed by atoms with Crippen LogP contribution in [-0.2, 0) is 20.8 Å². The Balaban J connectivity index is 2.70. The van der Waals surface area contributed by atoms with Crippen molar-refractivity contribution in [1.29, 1.82) is 0 Å². The minimum Gasteiger partial charge on any atom is -0.480 e. The highest BCUT2D eigenvalue weighted by Gasteiger charge is 2.24. The zero-order chi connectivity index (χ0) is 18.7. The number of carbonyl (C=O) groups is 3. The fourth-order valence-corrected chi connectivity index (χ4v) is 2.20. The second kappa shape index (κ2) is 11.2. The molecule has 1 radical (unpaired) electrons. The molecule has 0 aliphatic heterocycles. The average molecular weight is 350 g/mol. The molecule has 1 atom stereocenters. The van der Waals surface area contributed by atoms with Crippen LogP contribution < -0.4 is 22.1 Å². The molecule has 0 aliphatic carbocycles. The lowest BCUT2D eigenvalue weighted by Crippen LogP contribution is -2.51. The van der Waals surface area contributed by atoms with E-state index in [-0.39, 0.29) is 12.5 Å². The van der Waals surface area contributed by atoms with Crippen molar-refractivity contribution in [1.82, 2.24) is 10.6 Å². The predicted octanol–water partition coefficient (Wildman–Crippen LogP) is -1.18. The number of unbranched alkanes of at least 4 members (excludes halogenated alkanes) is 1. The van der Waals surface area contributed by atoms with Gasteiger partial charge in [-0.3, -0.25) is 14.4 Å². The molecule has 0 heterocycles. The molecule has 25 heavy (non-hydrogen) atoms. The van der Waals surface area contributed by atoms with Gasteiger partial charge in [0.1, 0.15) is 18.6 Å². The van der Waals surface area contributed by atoms with Crippen molar-refractivity contribution in [2.45, 2.75) is 31.7 Å². The SMILES string of the molecule is N[C](CCCC[NH3+])C(=O)NC(Cc1ccccc1)C(=O)NCC(=O)O. The number of benzene rings is 1. The zero-order valence-electron chi connectivity index (χ0n) is 14.2. The Bertz CT molecular complexity index is 565. The van der Waals surface area contributed by atoms with Crippen LogP contribution in [-0.4, -0.2) is 42.0 Å². The largest absolute Gasteiger partial charge is 0.480 e. The van der Waals surface area contributed by atoms with Gasteiger partial charge in [-0.25, -0.2) is 0 Å². The Kier molecular flexibility index (Phi) is 9.20. The Labute approximate surface area is 147 Å². The summed E-state index contributed by atoms with van der Waals surface area (Å²) in [5, 5.41) is 13.6. The Morgan fingerprint density at radius 1 is 1.16 bits per heavy atom. The third kappa shape index (κ3) is 8.27. The van der Waals surface area contributed by atoms with E-state index in [4.69, 9.17) is 10.8 Å². The van der Waals surface area contributed by atoms with Gasteiger partial charge in [0.25, 0.3) is 0 Å². The first-order valence-electron chi connectivity index (χ1n) is 8.19. The molecule has 1 aromatic carbocycles. The fourth-order valence-electron chi connectivity index (χ4n) is 2.20. The van der Waals surface area contributed by atoms with Crippen LogP contribution in [0.25, 0.3) is 0 Å². The molecule has 1 aromatic rings. The van der Waals surface area contributed by atoms with Crippen LogP contribution in [0.15, 0.2) is 30.3 Å². The van der Waals surface area contributed by atoms with Gasteiger partial charge < -0.3 is 27.2 Å². The van der Waals surface area contributed by atoms with E-state index >= 15 is 0 Å². The molecule has 0 aliphatic rings. The number of quaternary nitrogens is 1. The number of carbonyl (C=O) groups excluding carboxylic acids is 2. The lowest BCUT2D eigenvalue weighted by Gasteiger charge is -2.20. The molecule has 2 amide bonds. The Morgan fingerprint density at radius 2 is 1.84 bits per heavy atom. The van der Waals surface area contributed by atoms with Gasteiger partial charge in [0.15, 0.2) is 0 Å². The van der Waals surface area contributed by atoms with Crippen molar-refractivity contribution in [3.63, 3.8) is 0 Å². The molecule has 0 saturated carbocycles. The number of rotatable bonds is 11. The van der Waals surface area contributed by atoms with Crippen molar-refractivity contribution < 1.29 is 25.2 Å². The van der Waals surface area contributed by atoms with Crippen LogP contribution in [0.3, 0.4) is 0 Å². The van der Waals surface area contributed by atoms with Gasteiger partial charge in [-0.05, 0) is 24.8 Å². The van der Waals surface area contributed by atoms with Crippen LogP contribution in [0.2, 0.25) is 0 Å². The number of nitrogens with two attached hydrogens (primary N) is 1. The van der Waals surface area contributed by atoms with Crippen LogP contribution in [0.4, 0.5) is 0 Å². The zero-order valence-corrected chi connectivity index (χ0v) is 14.2. The maximum atomic E-state index is 12.2. The molecule has 1 rings (SSSR count). The van der Waals surface area contributed by atoms with E-state index in [1.807, 2.05) is 30.3 Å². The molecule has 8 heteroatoms. The summed E-state index contributed by atoms with van der Waals surface area (Å²) in [4.78, 5) is 35.0. The highest BCUT2D eigenvalue weighted by Crippen LogP contribution is 2.07. The number of aliphatic carboxylic acids is 1. The van der Waals surface area contributed by atoms with E-state index in [0.717, 1.165) is 24.9 Å². The summed E-state index contributed by atoms with van der Waals surface area (Å²) >= 11 is 0. The normalized spacial score (nSPS) is 11.8. The van der Waals surface area contributed by atoms with E-state index in [0.29, 0.717) is 6.42 Å². The third-order valence-electron chi connectivity index (χ3n) is 3.56. The van der Waals surface area contributed by atoms with Gasteiger partial charge in [-0.15, -0.1) is 0 Å². The Morgan fingerprint density at radius 3 is 2.44 bits per heavy atom. The van der Waals surface area contributed by atoms with Crippen molar-refractivity contribution in [3.05, 3.63) is 41.9 Å². The van der Waals surface area contributed by atoms with Crippen molar-refractivity contribution in [2.24, 2.45) is 5.73 Å². The second-order valence-corrected chi connectivity index (χ2v) is 5.66. The smallest absolute Gasteiger partial charge is 0.322 e. The first kappa shape index (κ1) is 20.6. The lowest BCUT2D eigenvalue weighted by molar-refractivity contribution is -0.368. The average Bonchev–Trinajstić information content (AvgIpc) is 2.60. The number of carboxylic acids is 1. The van der Waals surface area contributed by atoms with Crippen molar-refractivity contribution in [3.8, 4) is 0 Å². The van der Waals surface area contributed by atoms with E-state index in [1.165, 1.54) is 0 Å². The maximum Gasteiger partial charge on any atom is 0.322 e. The highest BCUT2D eigenvalue weighted by molar-refractivity contribution is 5.94. The summed E-state index contributed by atoms with van der Waals surface area (Å²) < 4.78 is 0. The van der Waals surface area contributed by atoms with Crippen LogP contribution in [0.5, 0.6) is 0 Å². The predicted molar refractivity (Wildman–Crippen MR) is 91.8 cm³/mol. The molecule has 0 saturated heterocycles. The highest BCUT2D eigenvalue weighted by atomic mass is 16.4. The topological polar surface area (TPSA) is 149 Å². The minimum atomic E-state index is -1.16. The summed E-state index contributed by atoms with van der Waals surface area (Å²) in [6, 6.07) is 8.38. The molecule has 0 spiro atoms. The summed E-state index contributed by atoms with van der Waals surface area (Å²) in [6.45, 7) is 0.256. The number of hydrogen-bond acceptors (Lipinski definition) is 4. The van der Waals surface area contributed by atoms with Gasteiger partial charge in [0.05, 0.1) is 6.54 Å². The molecular formula is C17H26N4O4+. The molecular weight excluding hydrogens is 324 g/mol. The molecule has 8 N–H and O–H groups in total. The molecule has 0 fully saturated rings. The minimum absolute atomic E-state index is 0.151. The van der Waals surface area contributed by atoms with Crippen LogP contribution >= 0.6 is 0 Å². The van der Waals surface area contributed by atoms with E-state index in [1.54, 1.807) is 0 Å². The standard InChI is InChI=1S/C17H25N4O4/c18-9-5-4-8-13(19)16(24)21-14(17(25)20-11-15(22)23)10-12-6-2-1-3-7-12/h1-3,6-7,14H,4-5,8-11,18-19H2,(H,20,25)(H,21,24)(H,22,23)/p+1. The lowest BCUT2D eigenvalue weighted by atomic mass is 10.0. The Hall–Kier alpha value is -2.45. The molecule has 1 unspecified atom stereocenters. The monoisotopic (exact) mass is 350 g/mol. The second-order valence-electron chi connectivity index (χ2n) is 5.66. The van der Waals surface area contributed by atoms with Crippen molar-refractivity contribution in [2.75, 3.05) is 13.1 Å². The molecule has 8 nitrogen and oxygen atoms in total. The van der Waals surface area contributed by atoms with Crippen LogP contribution in [0, 0.1) is 6.04 Å². The van der Waals surface area contributed by atoms with Gasteiger partial charge in [-0.2, -0.15) is 0 Å². The van der Waals surface area contributed by atoms with E-state index in [9.17, 15) is 14.4 Å². The van der Waals surface area contributed by atoms with Gasteiger partial charge in [-0.1, -0.05) is 30.3 Å². The molecule has 0 bridgehead atoms. The number of amides is 2. The maximum absolute atomic E-state index is 12.2. The first-order chi connectivity index (χ1) is 11.9. The van der Waals surface area contributed by atoms with Crippen LogP contribution in [0.1, 0.15) is 24.8 Å². The van der Waals surface area contributed by atoms with E-state index in [2.05, 4.69) is 16.4 Å². The summed E-state index contributed by atoms with van der Waals surface area (Å²) in [6.07, 6.45) is 2.28. The first-order valence-corrected chi connectivity index (χ1v) is 8.19. The number of hydrogen-bond donors (Lipinski definition) is 5. The fraction of sp³-hybridized carbons (Fsp3) is 0.412. The third-order valence-corrected chi connectivity index (χ3v) is 3.56. The quantitative estimate of drug-likeness (QED) is 0.318. The number of carboxylic acid groups (broad SMARTS) is 1. The summed E-state index contributed by atoms with van der Waals surface area (Å²) in [5.74, 6) is -2.22. The summed E-state index contributed by atoms with van der Waals surface area (Å²) in [7, 11) is 0. The van der Waals surface area contributed by atoms with Gasteiger partial charge in [0, 0.05) is 6.42 Å². The summed E-state index contributed by atoms with van der Waals surface area (Å²) in [5.41, 5.74) is 10.4. The van der Waals surface area contributed by atoms with E-state index < -0.39 is 30.4 Å². The van der Waals surface area contributed by atoms with Gasteiger partial charge >= 0.3 is 5.97 Å². The number of nitrogens with one attached hydrogen (secondary N) is 2. The van der Waals surface area contributed by atoms with Gasteiger partial charge in [0.2, 0.25) is 11.8 Å². The molecule has 0 aromatic heterocycles.